The highest BCUT2D eigenvalue weighted by molar-refractivity contribution is 5.79. The van der Waals surface area contributed by atoms with Gasteiger partial charge < -0.3 is 10.0 Å². The fourth-order valence-corrected chi connectivity index (χ4v) is 3.81. The van der Waals surface area contributed by atoms with E-state index in [4.69, 9.17) is 0 Å². The van der Waals surface area contributed by atoms with E-state index in [0.29, 0.717) is 18.3 Å². The number of aliphatic hydroxyl groups is 1. The van der Waals surface area contributed by atoms with Crippen LogP contribution in [0, 0.1) is 25.7 Å². The molecule has 0 spiro atoms. The summed E-state index contributed by atoms with van der Waals surface area (Å²) in [5.41, 5.74) is 3.09. The number of aliphatic hydroxyl groups excluding tert-OH is 1. The molecule has 5 nitrogen and oxygen atoms in total. The fourth-order valence-electron chi connectivity index (χ4n) is 3.81. The van der Waals surface area contributed by atoms with E-state index in [1.807, 2.05) is 30.5 Å². The Morgan fingerprint density at radius 1 is 1.30 bits per heavy atom. The molecule has 1 aliphatic heterocycles. The topological polar surface area (TPSA) is 58.4 Å². The van der Waals surface area contributed by atoms with Gasteiger partial charge in [-0.3, -0.25) is 9.48 Å². The number of aromatic nitrogens is 2. The lowest BCUT2D eigenvalue weighted by Gasteiger charge is -2.18. The van der Waals surface area contributed by atoms with Crippen molar-refractivity contribution in [3.05, 3.63) is 17.0 Å². The predicted molar refractivity (Wildman–Crippen MR) is 75.2 cm³/mol. The SMILES string of the molecule is Cc1nn(C)c(C)c1CC(=O)N1C[C@H]2CC(O)C[C@H]2C1. The van der Waals surface area contributed by atoms with Crippen molar-refractivity contribution in [1.82, 2.24) is 14.7 Å². The lowest BCUT2D eigenvalue weighted by Crippen LogP contribution is -2.31. The van der Waals surface area contributed by atoms with E-state index in [9.17, 15) is 9.90 Å². The Morgan fingerprint density at radius 3 is 2.40 bits per heavy atom. The number of fused-ring (bicyclic) bond motifs is 1. The normalized spacial score (nSPS) is 29.0. The molecule has 5 heteroatoms. The summed E-state index contributed by atoms with van der Waals surface area (Å²) in [4.78, 5) is 14.4. The maximum absolute atomic E-state index is 12.5. The second-order valence-electron chi connectivity index (χ2n) is 6.39. The number of likely N-dealkylation sites (tertiary alicyclic amines) is 1. The first-order chi connectivity index (χ1) is 9.45. The largest absolute Gasteiger partial charge is 0.393 e. The molecule has 3 rings (SSSR count). The van der Waals surface area contributed by atoms with Gasteiger partial charge in [-0.1, -0.05) is 0 Å². The van der Waals surface area contributed by atoms with Crippen LogP contribution in [0.3, 0.4) is 0 Å². The van der Waals surface area contributed by atoms with Crippen molar-refractivity contribution in [2.45, 2.75) is 39.2 Å². The quantitative estimate of drug-likeness (QED) is 0.870. The highest BCUT2D eigenvalue weighted by atomic mass is 16.3. The Balaban J connectivity index is 1.66. The van der Waals surface area contributed by atoms with E-state index in [-0.39, 0.29) is 12.0 Å². The summed E-state index contributed by atoms with van der Waals surface area (Å²) in [7, 11) is 1.91. The molecule has 2 aliphatic rings. The van der Waals surface area contributed by atoms with Crippen molar-refractivity contribution < 1.29 is 9.90 Å². The van der Waals surface area contributed by atoms with Crippen LogP contribution in [0.4, 0.5) is 0 Å². The molecule has 1 aliphatic carbocycles. The number of aryl methyl sites for hydroxylation is 2. The van der Waals surface area contributed by atoms with Gasteiger partial charge in [0.2, 0.25) is 5.91 Å². The summed E-state index contributed by atoms with van der Waals surface area (Å²) in [5.74, 6) is 1.21. The van der Waals surface area contributed by atoms with Crippen LogP contribution in [-0.4, -0.2) is 44.9 Å². The molecule has 1 aromatic heterocycles. The molecule has 1 N–H and O–H groups in total. The van der Waals surface area contributed by atoms with Crippen molar-refractivity contribution in [1.29, 1.82) is 0 Å². The second kappa shape index (κ2) is 4.88. The van der Waals surface area contributed by atoms with Gasteiger partial charge in [-0.25, -0.2) is 0 Å². The molecular weight excluding hydrogens is 254 g/mol. The molecule has 110 valence electrons. The predicted octanol–water partition coefficient (Wildman–Crippen LogP) is 0.809. The molecule has 2 heterocycles. The molecule has 1 amide bonds. The summed E-state index contributed by atoms with van der Waals surface area (Å²) in [6, 6.07) is 0. The highest BCUT2D eigenvalue weighted by Gasteiger charge is 2.41. The summed E-state index contributed by atoms with van der Waals surface area (Å²) < 4.78 is 1.84. The van der Waals surface area contributed by atoms with Crippen LogP contribution >= 0.6 is 0 Å². The molecule has 0 bridgehead atoms. The standard InChI is InChI=1S/C15H23N3O2/c1-9-14(10(2)17(3)16-9)6-15(20)18-7-11-4-13(19)5-12(11)8-18/h11-13,19H,4-8H2,1-3H3/t11-,12+,13?. The Kier molecular flexibility index (Phi) is 3.32. The monoisotopic (exact) mass is 277 g/mol. The minimum absolute atomic E-state index is 0.148. The van der Waals surface area contributed by atoms with Gasteiger partial charge in [-0.2, -0.15) is 5.10 Å². The van der Waals surface area contributed by atoms with Crippen LogP contribution in [0.5, 0.6) is 0 Å². The summed E-state index contributed by atoms with van der Waals surface area (Å²) in [5, 5.41) is 14.0. The third kappa shape index (κ3) is 2.24. The van der Waals surface area contributed by atoms with Crippen molar-refractivity contribution >= 4 is 5.91 Å². The van der Waals surface area contributed by atoms with E-state index in [1.54, 1.807) is 0 Å². The fraction of sp³-hybridized carbons (Fsp3) is 0.733. The maximum Gasteiger partial charge on any atom is 0.227 e. The minimum atomic E-state index is -0.148. The van der Waals surface area contributed by atoms with Gasteiger partial charge in [0.25, 0.3) is 0 Å². The number of hydrogen-bond donors (Lipinski definition) is 1. The summed E-state index contributed by atoms with van der Waals surface area (Å²) in [6.45, 7) is 5.61. The van der Waals surface area contributed by atoms with Crippen LogP contribution < -0.4 is 0 Å². The zero-order valence-electron chi connectivity index (χ0n) is 12.5. The zero-order chi connectivity index (χ0) is 14.4. The summed E-state index contributed by atoms with van der Waals surface area (Å²) >= 11 is 0. The lowest BCUT2D eigenvalue weighted by atomic mass is 10.0. The highest BCUT2D eigenvalue weighted by Crippen LogP contribution is 2.38. The molecule has 1 aromatic rings. The molecule has 20 heavy (non-hydrogen) atoms. The average Bonchev–Trinajstić information content (AvgIpc) is 2.97. The van der Waals surface area contributed by atoms with Crippen LogP contribution in [0.1, 0.15) is 29.8 Å². The third-order valence-electron chi connectivity index (χ3n) is 5.07. The van der Waals surface area contributed by atoms with Gasteiger partial charge in [0.05, 0.1) is 18.2 Å². The lowest BCUT2D eigenvalue weighted by molar-refractivity contribution is -0.129. The molecule has 1 saturated heterocycles. The Bertz CT molecular complexity index is 523. The average molecular weight is 277 g/mol. The van der Waals surface area contributed by atoms with Gasteiger partial charge in [0, 0.05) is 31.4 Å². The minimum Gasteiger partial charge on any atom is -0.393 e. The van der Waals surface area contributed by atoms with Crippen LogP contribution in [0.25, 0.3) is 0 Å². The smallest absolute Gasteiger partial charge is 0.227 e. The first-order valence-electron chi connectivity index (χ1n) is 7.40. The van der Waals surface area contributed by atoms with E-state index >= 15 is 0 Å². The van der Waals surface area contributed by atoms with Gasteiger partial charge >= 0.3 is 0 Å². The number of rotatable bonds is 2. The number of hydrogen-bond acceptors (Lipinski definition) is 3. The van der Waals surface area contributed by atoms with Crippen molar-refractivity contribution in [2.24, 2.45) is 18.9 Å². The number of amides is 1. The first kappa shape index (κ1) is 13.6. The van der Waals surface area contributed by atoms with Crippen molar-refractivity contribution in [2.75, 3.05) is 13.1 Å². The Morgan fingerprint density at radius 2 is 1.90 bits per heavy atom. The number of nitrogens with zero attached hydrogens (tertiary/aromatic N) is 3. The van der Waals surface area contributed by atoms with E-state index in [0.717, 1.165) is 42.9 Å². The summed E-state index contributed by atoms with van der Waals surface area (Å²) in [6.07, 6.45) is 2.02. The van der Waals surface area contributed by atoms with Crippen molar-refractivity contribution in [3.63, 3.8) is 0 Å². The van der Waals surface area contributed by atoms with Gasteiger partial charge in [0.1, 0.15) is 0 Å². The maximum atomic E-state index is 12.5. The van der Waals surface area contributed by atoms with Gasteiger partial charge in [0.15, 0.2) is 0 Å². The number of carbonyl (C=O) groups excluding carboxylic acids is 1. The number of carbonyl (C=O) groups is 1. The van der Waals surface area contributed by atoms with Crippen molar-refractivity contribution in [3.8, 4) is 0 Å². The van der Waals surface area contributed by atoms with Gasteiger partial charge in [-0.05, 0) is 38.5 Å². The van der Waals surface area contributed by atoms with Gasteiger partial charge in [-0.15, -0.1) is 0 Å². The first-order valence-corrected chi connectivity index (χ1v) is 7.40. The zero-order valence-corrected chi connectivity index (χ0v) is 12.5. The van der Waals surface area contributed by atoms with Crippen LogP contribution in [-0.2, 0) is 18.3 Å². The molecular formula is C15H23N3O2. The molecule has 3 atom stereocenters. The van der Waals surface area contributed by atoms with E-state index in [1.165, 1.54) is 0 Å². The molecule has 2 fully saturated rings. The third-order valence-corrected chi connectivity index (χ3v) is 5.07. The Hall–Kier alpha value is -1.36. The molecule has 0 radical (unpaired) electrons. The van der Waals surface area contributed by atoms with E-state index < -0.39 is 0 Å². The van der Waals surface area contributed by atoms with Crippen LogP contribution in [0.2, 0.25) is 0 Å². The van der Waals surface area contributed by atoms with Crippen LogP contribution in [0.15, 0.2) is 0 Å². The molecule has 1 unspecified atom stereocenters. The van der Waals surface area contributed by atoms with E-state index in [2.05, 4.69) is 5.10 Å². The molecule has 0 aromatic carbocycles. The second-order valence-corrected chi connectivity index (χ2v) is 6.39. The Labute approximate surface area is 119 Å². The molecule has 1 saturated carbocycles.